The van der Waals surface area contributed by atoms with Crippen LogP contribution in [0.3, 0.4) is 0 Å². The number of nitrogens with one attached hydrogen (secondary N) is 1. The number of carbonyl (C=O) groups is 2. The van der Waals surface area contributed by atoms with Crippen LogP contribution in [-0.4, -0.2) is 24.1 Å². The number of halogens is 2. The zero-order valence-electron chi connectivity index (χ0n) is 17.4. The molecule has 1 amide bonds. The van der Waals surface area contributed by atoms with Crippen molar-refractivity contribution in [2.45, 2.75) is 59.2 Å². The predicted molar refractivity (Wildman–Crippen MR) is 121 cm³/mol. The quantitative estimate of drug-likeness (QED) is 0.515. The molecular formula is C22H25Cl2NO4S. The lowest BCUT2D eigenvalue weighted by Gasteiger charge is -2.19. The minimum Gasteiger partial charge on any atom is -0.479 e. The molecule has 0 aliphatic heterocycles. The van der Waals surface area contributed by atoms with Crippen molar-refractivity contribution in [3.05, 3.63) is 44.2 Å². The molecule has 1 aliphatic rings. The summed E-state index contributed by atoms with van der Waals surface area (Å²) in [6.45, 7) is 7.44. The van der Waals surface area contributed by atoms with Gasteiger partial charge in [-0.1, -0.05) is 30.1 Å². The number of anilines is 1. The molecule has 1 heterocycles. The highest BCUT2D eigenvalue weighted by Crippen LogP contribution is 2.40. The van der Waals surface area contributed by atoms with Crippen LogP contribution in [0.15, 0.2) is 18.2 Å². The smallest absolute Gasteiger partial charge is 0.341 e. The van der Waals surface area contributed by atoms with Gasteiger partial charge in [-0.25, -0.2) is 4.79 Å². The Morgan fingerprint density at radius 3 is 2.63 bits per heavy atom. The fourth-order valence-electron chi connectivity index (χ4n) is 3.36. The summed E-state index contributed by atoms with van der Waals surface area (Å²) in [5, 5.41) is 4.19. The van der Waals surface area contributed by atoms with Gasteiger partial charge in [0.15, 0.2) is 6.10 Å². The maximum atomic E-state index is 12.8. The average Bonchev–Trinajstić information content (AvgIpc) is 3.00. The van der Waals surface area contributed by atoms with E-state index in [1.807, 2.05) is 13.8 Å². The Balaban J connectivity index is 1.82. The number of thiophene rings is 1. The van der Waals surface area contributed by atoms with Gasteiger partial charge in [-0.2, -0.15) is 0 Å². The lowest BCUT2D eigenvalue weighted by Crippen LogP contribution is -2.30. The minimum absolute atomic E-state index is 0.242. The standard InChI is InChI=1S/C22H25Cl2NO4S/c1-11(2)28-22(27)19-15-7-5-12(3)9-18(15)30-21(19)25-20(26)13(4)29-17-8-6-14(23)10-16(17)24/h6,8,10-13H,5,7,9H2,1-4H3,(H,25,26)/t12-,13-/m1/s1. The van der Waals surface area contributed by atoms with Crippen LogP contribution < -0.4 is 10.1 Å². The molecule has 3 rings (SSSR count). The summed E-state index contributed by atoms with van der Waals surface area (Å²) in [4.78, 5) is 26.7. The molecule has 0 spiro atoms. The molecule has 0 unspecified atom stereocenters. The van der Waals surface area contributed by atoms with Gasteiger partial charge in [0, 0.05) is 9.90 Å². The summed E-state index contributed by atoms with van der Waals surface area (Å²) in [6, 6.07) is 4.81. The van der Waals surface area contributed by atoms with Crippen LogP contribution in [-0.2, 0) is 22.4 Å². The van der Waals surface area contributed by atoms with Crippen molar-refractivity contribution < 1.29 is 19.1 Å². The molecule has 2 aromatic rings. The first-order valence-electron chi connectivity index (χ1n) is 9.93. The number of hydrogen-bond donors (Lipinski definition) is 1. The zero-order valence-corrected chi connectivity index (χ0v) is 19.7. The lowest BCUT2D eigenvalue weighted by atomic mass is 9.88. The molecule has 0 saturated heterocycles. The largest absolute Gasteiger partial charge is 0.479 e. The van der Waals surface area contributed by atoms with E-state index in [1.165, 1.54) is 11.3 Å². The third-order valence-electron chi connectivity index (χ3n) is 4.86. The number of fused-ring (bicyclic) bond motifs is 1. The Morgan fingerprint density at radius 2 is 1.97 bits per heavy atom. The van der Waals surface area contributed by atoms with E-state index in [0.717, 1.165) is 29.7 Å². The molecule has 1 aliphatic carbocycles. The normalized spacial score (nSPS) is 16.7. The van der Waals surface area contributed by atoms with E-state index >= 15 is 0 Å². The number of amides is 1. The third kappa shape index (κ3) is 5.29. The van der Waals surface area contributed by atoms with Gasteiger partial charge >= 0.3 is 5.97 Å². The number of rotatable bonds is 6. The first kappa shape index (κ1) is 22.9. The fourth-order valence-corrected chi connectivity index (χ4v) is 5.21. The molecule has 1 N–H and O–H groups in total. The van der Waals surface area contributed by atoms with Gasteiger partial charge in [-0.15, -0.1) is 11.3 Å². The van der Waals surface area contributed by atoms with Crippen LogP contribution in [0.25, 0.3) is 0 Å². The van der Waals surface area contributed by atoms with Gasteiger partial charge in [0.2, 0.25) is 0 Å². The van der Waals surface area contributed by atoms with E-state index in [-0.39, 0.29) is 12.0 Å². The van der Waals surface area contributed by atoms with Gasteiger partial charge < -0.3 is 14.8 Å². The molecule has 0 saturated carbocycles. The number of esters is 1. The van der Waals surface area contributed by atoms with Crippen LogP contribution in [0.4, 0.5) is 5.00 Å². The maximum Gasteiger partial charge on any atom is 0.341 e. The molecule has 8 heteroatoms. The molecule has 1 aromatic carbocycles. The summed E-state index contributed by atoms with van der Waals surface area (Å²) in [7, 11) is 0. The second-order valence-electron chi connectivity index (χ2n) is 7.83. The molecule has 162 valence electrons. The van der Waals surface area contributed by atoms with Crippen LogP contribution >= 0.6 is 34.5 Å². The predicted octanol–water partition coefficient (Wildman–Crippen LogP) is 6.15. The monoisotopic (exact) mass is 469 g/mol. The van der Waals surface area contributed by atoms with Crippen molar-refractivity contribution in [3.8, 4) is 5.75 Å². The van der Waals surface area contributed by atoms with E-state index in [0.29, 0.717) is 32.3 Å². The maximum absolute atomic E-state index is 12.8. The minimum atomic E-state index is -0.823. The average molecular weight is 470 g/mol. The van der Waals surface area contributed by atoms with Crippen molar-refractivity contribution in [1.29, 1.82) is 0 Å². The summed E-state index contributed by atoms with van der Waals surface area (Å²) in [5.74, 6) is 0.137. The Hall–Kier alpha value is -1.76. The molecule has 1 aromatic heterocycles. The summed E-state index contributed by atoms with van der Waals surface area (Å²) < 4.78 is 11.2. The first-order chi connectivity index (χ1) is 14.2. The van der Waals surface area contributed by atoms with Crippen molar-refractivity contribution in [2.24, 2.45) is 5.92 Å². The number of carbonyl (C=O) groups excluding carboxylic acids is 2. The molecule has 2 atom stereocenters. The molecule has 0 bridgehead atoms. The van der Waals surface area contributed by atoms with Gasteiger partial charge in [0.25, 0.3) is 5.91 Å². The fraction of sp³-hybridized carbons (Fsp3) is 0.455. The Bertz CT molecular complexity index is 957. The third-order valence-corrected chi connectivity index (χ3v) is 6.56. The summed E-state index contributed by atoms with van der Waals surface area (Å²) in [6.07, 6.45) is 1.64. The number of hydrogen-bond acceptors (Lipinski definition) is 5. The second-order valence-corrected chi connectivity index (χ2v) is 9.78. The second kappa shape index (κ2) is 9.58. The Morgan fingerprint density at radius 1 is 1.23 bits per heavy atom. The van der Waals surface area contributed by atoms with E-state index in [1.54, 1.807) is 25.1 Å². The van der Waals surface area contributed by atoms with Crippen LogP contribution in [0, 0.1) is 5.92 Å². The molecule has 30 heavy (non-hydrogen) atoms. The van der Waals surface area contributed by atoms with Crippen LogP contribution in [0.1, 0.15) is 54.9 Å². The SMILES string of the molecule is CC(C)OC(=O)c1c(NC(=O)[C@@H](C)Oc2ccc(Cl)cc2Cl)sc2c1CC[C@@H](C)C2. The summed E-state index contributed by atoms with van der Waals surface area (Å²) >= 11 is 13.5. The zero-order chi connectivity index (χ0) is 22.0. The topological polar surface area (TPSA) is 64.6 Å². The van der Waals surface area contributed by atoms with Gasteiger partial charge in [-0.05, 0) is 69.7 Å². The van der Waals surface area contributed by atoms with Gasteiger partial charge in [-0.3, -0.25) is 4.79 Å². The molecular weight excluding hydrogens is 445 g/mol. The van der Waals surface area contributed by atoms with Crippen LogP contribution in [0.5, 0.6) is 5.75 Å². The van der Waals surface area contributed by atoms with Crippen LogP contribution in [0.2, 0.25) is 10.0 Å². The van der Waals surface area contributed by atoms with Crippen molar-refractivity contribution in [2.75, 3.05) is 5.32 Å². The highest BCUT2D eigenvalue weighted by molar-refractivity contribution is 7.17. The van der Waals surface area contributed by atoms with Gasteiger partial charge in [0.1, 0.15) is 10.8 Å². The lowest BCUT2D eigenvalue weighted by molar-refractivity contribution is -0.122. The van der Waals surface area contributed by atoms with E-state index in [9.17, 15) is 9.59 Å². The van der Waals surface area contributed by atoms with E-state index in [4.69, 9.17) is 32.7 Å². The Labute approximate surface area is 190 Å². The number of ether oxygens (including phenoxy) is 2. The molecule has 0 fully saturated rings. The Kier molecular flexibility index (Phi) is 7.32. The van der Waals surface area contributed by atoms with Crippen molar-refractivity contribution in [1.82, 2.24) is 0 Å². The van der Waals surface area contributed by atoms with Crippen molar-refractivity contribution >= 4 is 51.4 Å². The highest BCUT2D eigenvalue weighted by atomic mass is 35.5. The highest BCUT2D eigenvalue weighted by Gasteiger charge is 2.30. The molecule has 5 nitrogen and oxygen atoms in total. The van der Waals surface area contributed by atoms with Crippen molar-refractivity contribution in [3.63, 3.8) is 0 Å². The van der Waals surface area contributed by atoms with E-state index in [2.05, 4.69) is 12.2 Å². The van der Waals surface area contributed by atoms with E-state index < -0.39 is 12.1 Å². The van der Waals surface area contributed by atoms with Gasteiger partial charge in [0.05, 0.1) is 16.7 Å². The summed E-state index contributed by atoms with van der Waals surface area (Å²) in [5.41, 5.74) is 1.47. The number of benzene rings is 1. The first-order valence-corrected chi connectivity index (χ1v) is 11.5. The molecule has 0 radical (unpaired) electrons.